The molecule has 0 spiro atoms. The molecule has 0 radical (unpaired) electrons. The fourth-order valence-electron chi connectivity index (χ4n) is 0.606. The van der Waals surface area contributed by atoms with Crippen molar-refractivity contribution in [2.45, 2.75) is 12.8 Å². The molecule has 60 valence electrons. The molecule has 2 nitrogen and oxygen atoms in total. The van der Waals surface area contributed by atoms with E-state index in [9.17, 15) is 0 Å². The lowest BCUT2D eigenvalue weighted by Gasteiger charge is -2.00. The summed E-state index contributed by atoms with van der Waals surface area (Å²) in [5.74, 6) is 0. The van der Waals surface area contributed by atoms with Crippen molar-refractivity contribution in [1.29, 1.82) is 0 Å². The highest BCUT2D eigenvalue weighted by Crippen LogP contribution is 1.88. The van der Waals surface area contributed by atoms with Crippen LogP contribution in [0.2, 0.25) is 0 Å². The van der Waals surface area contributed by atoms with E-state index in [1.807, 2.05) is 13.1 Å². The lowest BCUT2D eigenvalue weighted by molar-refractivity contribution is 0.135. The molecule has 1 N–H and O–H groups in total. The number of unbranched alkanes of at least 4 members (excludes halogenated alkanes) is 1. The molecule has 0 atom stereocenters. The van der Waals surface area contributed by atoms with E-state index in [-0.39, 0.29) is 0 Å². The van der Waals surface area contributed by atoms with E-state index in [1.165, 1.54) is 0 Å². The van der Waals surface area contributed by atoms with Crippen molar-refractivity contribution < 1.29 is 4.74 Å². The van der Waals surface area contributed by atoms with Crippen LogP contribution < -0.4 is 5.32 Å². The highest BCUT2D eigenvalue weighted by Gasteiger charge is 1.84. The van der Waals surface area contributed by atoms with Crippen molar-refractivity contribution in [3.05, 3.63) is 12.7 Å². The average Bonchev–Trinajstić information content (AvgIpc) is 1.97. The normalized spacial score (nSPS) is 9.70. The molecular formula is C8H17NO. The first kappa shape index (κ1) is 9.66. The Hall–Kier alpha value is -0.340. The van der Waals surface area contributed by atoms with Gasteiger partial charge in [-0.3, -0.25) is 0 Å². The molecule has 0 aliphatic heterocycles. The molecule has 0 aromatic rings. The summed E-state index contributed by atoms with van der Waals surface area (Å²) in [6.07, 6.45) is 4.06. The standard InChI is InChI=1S/C8H17NO/c1-3-4-5-7-10-8-6-9-2/h3,9H,1,4-8H2,2H3. The minimum atomic E-state index is 0.813. The Balaban J connectivity index is 2.70. The van der Waals surface area contributed by atoms with Gasteiger partial charge in [-0.05, 0) is 19.9 Å². The summed E-state index contributed by atoms with van der Waals surface area (Å²) in [6, 6.07) is 0. The summed E-state index contributed by atoms with van der Waals surface area (Å²) in [5.41, 5.74) is 0. The number of rotatable bonds is 7. The van der Waals surface area contributed by atoms with E-state index in [0.29, 0.717) is 0 Å². The van der Waals surface area contributed by atoms with Crippen LogP contribution >= 0.6 is 0 Å². The van der Waals surface area contributed by atoms with Crippen LogP contribution in [-0.4, -0.2) is 26.8 Å². The molecule has 0 aliphatic rings. The van der Waals surface area contributed by atoms with Gasteiger partial charge in [-0.1, -0.05) is 6.08 Å². The summed E-state index contributed by atoms with van der Waals surface area (Å²) < 4.78 is 5.27. The van der Waals surface area contributed by atoms with Gasteiger partial charge in [-0.15, -0.1) is 6.58 Å². The fourth-order valence-corrected chi connectivity index (χ4v) is 0.606. The first-order valence-corrected chi connectivity index (χ1v) is 3.75. The van der Waals surface area contributed by atoms with Gasteiger partial charge in [-0.25, -0.2) is 0 Å². The third-order valence-corrected chi connectivity index (χ3v) is 1.19. The van der Waals surface area contributed by atoms with Crippen LogP contribution in [0.4, 0.5) is 0 Å². The lowest BCUT2D eigenvalue weighted by Crippen LogP contribution is -2.14. The van der Waals surface area contributed by atoms with Crippen LogP contribution in [0, 0.1) is 0 Å². The number of allylic oxidation sites excluding steroid dienone is 1. The van der Waals surface area contributed by atoms with E-state index in [2.05, 4.69) is 11.9 Å². The molecule has 2 heteroatoms. The van der Waals surface area contributed by atoms with Gasteiger partial charge in [-0.2, -0.15) is 0 Å². The fraction of sp³-hybridized carbons (Fsp3) is 0.750. The van der Waals surface area contributed by atoms with Crippen LogP contribution in [0.1, 0.15) is 12.8 Å². The minimum Gasteiger partial charge on any atom is -0.380 e. The Kier molecular flexibility index (Phi) is 8.37. The number of ether oxygens (including phenoxy) is 1. The van der Waals surface area contributed by atoms with Crippen molar-refractivity contribution in [1.82, 2.24) is 5.32 Å². The third kappa shape index (κ3) is 7.66. The summed E-state index contributed by atoms with van der Waals surface area (Å²) in [5, 5.41) is 3.01. The zero-order valence-corrected chi connectivity index (χ0v) is 6.73. The highest BCUT2D eigenvalue weighted by molar-refractivity contribution is 4.64. The first-order chi connectivity index (χ1) is 4.91. The maximum Gasteiger partial charge on any atom is 0.0590 e. The SMILES string of the molecule is C=CCCCOCCNC. The Morgan fingerprint density at radius 3 is 2.90 bits per heavy atom. The van der Waals surface area contributed by atoms with Crippen molar-refractivity contribution in [3.63, 3.8) is 0 Å². The maximum atomic E-state index is 5.27. The molecule has 0 fully saturated rings. The van der Waals surface area contributed by atoms with Gasteiger partial charge in [0, 0.05) is 13.2 Å². The number of likely N-dealkylation sites (N-methyl/N-ethyl adjacent to an activating group) is 1. The summed E-state index contributed by atoms with van der Waals surface area (Å²) in [4.78, 5) is 0. The summed E-state index contributed by atoms with van der Waals surface area (Å²) in [7, 11) is 1.92. The molecule has 0 rings (SSSR count). The zero-order valence-electron chi connectivity index (χ0n) is 6.73. The molecule has 0 saturated carbocycles. The van der Waals surface area contributed by atoms with E-state index < -0.39 is 0 Å². The Morgan fingerprint density at radius 2 is 2.30 bits per heavy atom. The lowest BCUT2D eigenvalue weighted by atomic mass is 10.3. The molecule has 10 heavy (non-hydrogen) atoms. The van der Waals surface area contributed by atoms with Crippen LogP contribution in [0.15, 0.2) is 12.7 Å². The smallest absolute Gasteiger partial charge is 0.0590 e. The highest BCUT2D eigenvalue weighted by atomic mass is 16.5. The van der Waals surface area contributed by atoms with Gasteiger partial charge in [0.15, 0.2) is 0 Å². The molecule has 0 aromatic heterocycles. The maximum absolute atomic E-state index is 5.27. The quantitative estimate of drug-likeness (QED) is 0.427. The number of hydrogen-bond acceptors (Lipinski definition) is 2. The van der Waals surface area contributed by atoms with E-state index in [4.69, 9.17) is 4.74 Å². The summed E-state index contributed by atoms with van der Waals surface area (Å²) in [6.45, 7) is 6.23. The van der Waals surface area contributed by atoms with Crippen molar-refractivity contribution in [2.75, 3.05) is 26.8 Å². The van der Waals surface area contributed by atoms with Crippen molar-refractivity contribution in [2.24, 2.45) is 0 Å². The molecule has 0 amide bonds. The topological polar surface area (TPSA) is 21.3 Å². The van der Waals surface area contributed by atoms with Crippen LogP contribution in [0.3, 0.4) is 0 Å². The van der Waals surface area contributed by atoms with Gasteiger partial charge in [0.2, 0.25) is 0 Å². The predicted octanol–water partition coefficient (Wildman–Crippen LogP) is 1.19. The predicted molar refractivity (Wildman–Crippen MR) is 44.2 cm³/mol. The Bertz CT molecular complexity index is 73.7. The second-order valence-electron chi connectivity index (χ2n) is 2.15. The van der Waals surface area contributed by atoms with E-state index in [0.717, 1.165) is 32.6 Å². The van der Waals surface area contributed by atoms with Crippen molar-refractivity contribution in [3.8, 4) is 0 Å². The first-order valence-electron chi connectivity index (χ1n) is 3.75. The third-order valence-electron chi connectivity index (χ3n) is 1.19. The summed E-state index contributed by atoms with van der Waals surface area (Å²) >= 11 is 0. The Morgan fingerprint density at radius 1 is 1.50 bits per heavy atom. The molecule has 0 heterocycles. The largest absolute Gasteiger partial charge is 0.380 e. The second kappa shape index (κ2) is 8.66. The van der Waals surface area contributed by atoms with Gasteiger partial charge in [0.25, 0.3) is 0 Å². The van der Waals surface area contributed by atoms with E-state index in [1.54, 1.807) is 0 Å². The zero-order chi connectivity index (χ0) is 7.66. The molecule has 0 aliphatic carbocycles. The van der Waals surface area contributed by atoms with E-state index >= 15 is 0 Å². The minimum absolute atomic E-state index is 0.813. The van der Waals surface area contributed by atoms with Gasteiger partial charge >= 0.3 is 0 Å². The van der Waals surface area contributed by atoms with Crippen LogP contribution in [-0.2, 0) is 4.74 Å². The molecular weight excluding hydrogens is 126 g/mol. The van der Waals surface area contributed by atoms with Gasteiger partial charge in [0.05, 0.1) is 6.61 Å². The molecule has 0 aromatic carbocycles. The van der Waals surface area contributed by atoms with Crippen LogP contribution in [0.5, 0.6) is 0 Å². The number of nitrogens with one attached hydrogen (secondary N) is 1. The monoisotopic (exact) mass is 143 g/mol. The molecule has 0 saturated heterocycles. The van der Waals surface area contributed by atoms with Crippen LogP contribution in [0.25, 0.3) is 0 Å². The van der Waals surface area contributed by atoms with Gasteiger partial charge in [0.1, 0.15) is 0 Å². The second-order valence-corrected chi connectivity index (χ2v) is 2.15. The molecule has 0 unspecified atom stereocenters. The van der Waals surface area contributed by atoms with Gasteiger partial charge < -0.3 is 10.1 Å². The number of hydrogen-bond donors (Lipinski definition) is 1. The molecule has 0 bridgehead atoms. The Labute approximate surface area is 63.3 Å². The van der Waals surface area contributed by atoms with Crippen molar-refractivity contribution >= 4 is 0 Å². The average molecular weight is 143 g/mol.